The summed E-state index contributed by atoms with van der Waals surface area (Å²) in [6.45, 7) is 7.19. The van der Waals surface area contributed by atoms with Gasteiger partial charge in [0.25, 0.3) is 0 Å². The van der Waals surface area contributed by atoms with Gasteiger partial charge in [-0.3, -0.25) is 0 Å². The van der Waals surface area contributed by atoms with Crippen molar-refractivity contribution in [2.45, 2.75) is 26.4 Å². The molecule has 0 aliphatic heterocycles. The van der Waals surface area contributed by atoms with E-state index in [0.717, 1.165) is 30.0 Å². The molecule has 0 amide bonds. The fourth-order valence-electron chi connectivity index (χ4n) is 1.36. The third-order valence-electron chi connectivity index (χ3n) is 2.10. The Balaban J connectivity index is 2.67. The van der Waals surface area contributed by atoms with Gasteiger partial charge in [-0.05, 0) is 30.0 Å². The SMILES string of the molecule is C=CCc1ccc(Cl)c(COCCC)c1. The molecule has 1 rings (SSSR count). The van der Waals surface area contributed by atoms with E-state index in [1.54, 1.807) is 0 Å². The molecule has 82 valence electrons. The first kappa shape index (κ1) is 12.3. The fourth-order valence-corrected chi connectivity index (χ4v) is 1.53. The van der Waals surface area contributed by atoms with Crippen LogP contribution in [-0.4, -0.2) is 6.61 Å². The van der Waals surface area contributed by atoms with Gasteiger partial charge in [-0.15, -0.1) is 6.58 Å². The number of ether oxygens (including phenoxy) is 1. The molecule has 0 heterocycles. The van der Waals surface area contributed by atoms with Gasteiger partial charge in [0, 0.05) is 11.6 Å². The van der Waals surface area contributed by atoms with E-state index in [1.165, 1.54) is 5.56 Å². The van der Waals surface area contributed by atoms with E-state index in [4.69, 9.17) is 16.3 Å². The summed E-state index contributed by atoms with van der Waals surface area (Å²) in [6.07, 6.45) is 3.79. The maximum absolute atomic E-state index is 6.07. The minimum Gasteiger partial charge on any atom is -0.377 e. The van der Waals surface area contributed by atoms with Crippen LogP contribution >= 0.6 is 11.6 Å². The highest BCUT2D eigenvalue weighted by Gasteiger charge is 2.01. The molecule has 0 spiro atoms. The molecule has 0 bridgehead atoms. The molecule has 0 atom stereocenters. The van der Waals surface area contributed by atoms with Gasteiger partial charge in [-0.2, -0.15) is 0 Å². The number of hydrogen-bond acceptors (Lipinski definition) is 1. The van der Waals surface area contributed by atoms with Crippen molar-refractivity contribution in [1.82, 2.24) is 0 Å². The summed E-state index contributed by atoms with van der Waals surface area (Å²) in [7, 11) is 0. The first-order valence-electron chi connectivity index (χ1n) is 5.24. The van der Waals surface area contributed by atoms with Crippen molar-refractivity contribution in [1.29, 1.82) is 0 Å². The molecule has 0 fully saturated rings. The van der Waals surface area contributed by atoms with E-state index in [9.17, 15) is 0 Å². The normalized spacial score (nSPS) is 10.3. The quantitative estimate of drug-likeness (QED) is 0.524. The molecule has 0 N–H and O–H groups in total. The van der Waals surface area contributed by atoms with Crippen LogP contribution in [0.25, 0.3) is 0 Å². The van der Waals surface area contributed by atoms with Gasteiger partial charge in [-0.1, -0.05) is 36.7 Å². The maximum atomic E-state index is 6.07. The van der Waals surface area contributed by atoms with Crippen LogP contribution < -0.4 is 0 Å². The van der Waals surface area contributed by atoms with Gasteiger partial charge in [-0.25, -0.2) is 0 Å². The van der Waals surface area contributed by atoms with Crippen LogP contribution in [0.1, 0.15) is 24.5 Å². The first-order chi connectivity index (χ1) is 7.27. The molecule has 0 saturated carbocycles. The van der Waals surface area contributed by atoms with Crippen LogP contribution in [0.3, 0.4) is 0 Å². The molecule has 2 heteroatoms. The number of benzene rings is 1. The Labute approximate surface area is 96.7 Å². The highest BCUT2D eigenvalue weighted by Crippen LogP contribution is 2.19. The second-order valence-electron chi connectivity index (χ2n) is 3.47. The van der Waals surface area contributed by atoms with Gasteiger partial charge < -0.3 is 4.74 Å². The summed E-state index contributed by atoms with van der Waals surface area (Å²) in [5.41, 5.74) is 2.29. The summed E-state index contributed by atoms with van der Waals surface area (Å²) in [4.78, 5) is 0. The largest absolute Gasteiger partial charge is 0.377 e. The Morgan fingerprint density at radius 3 is 2.93 bits per heavy atom. The highest BCUT2D eigenvalue weighted by molar-refractivity contribution is 6.31. The summed E-state index contributed by atoms with van der Waals surface area (Å²) in [5, 5.41) is 0.777. The third-order valence-corrected chi connectivity index (χ3v) is 2.46. The van der Waals surface area contributed by atoms with E-state index in [0.29, 0.717) is 6.61 Å². The van der Waals surface area contributed by atoms with Gasteiger partial charge in [0.15, 0.2) is 0 Å². The van der Waals surface area contributed by atoms with Crippen molar-refractivity contribution in [2.24, 2.45) is 0 Å². The summed E-state index contributed by atoms with van der Waals surface area (Å²) in [5.74, 6) is 0. The van der Waals surface area contributed by atoms with Crippen molar-refractivity contribution in [3.63, 3.8) is 0 Å². The summed E-state index contributed by atoms with van der Waals surface area (Å²) >= 11 is 6.07. The van der Waals surface area contributed by atoms with Crippen LogP contribution in [0.5, 0.6) is 0 Å². The van der Waals surface area contributed by atoms with Crippen LogP contribution in [0.15, 0.2) is 30.9 Å². The molecule has 0 aliphatic rings. The second-order valence-corrected chi connectivity index (χ2v) is 3.88. The van der Waals surface area contributed by atoms with Crippen molar-refractivity contribution < 1.29 is 4.74 Å². The van der Waals surface area contributed by atoms with Crippen molar-refractivity contribution in [3.8, 4) is 0 Å². The molecular weight excluding hydrogens is 208 g/mol. The topological polar surface area (TPSA) is 9.23 Å². The molecule has 15 heavy (non-hydrogen) atoms. The Kier molecular flexibility index (Phi) is 5.44. The Morgan fingerprint density at radius 2 is 2.27 bits per heavy atom. The minimum absolute atomic E-state index is 0.595. The van der Waals surface area contributed by atoms with Crippen molar-refractivity contribution in [3.05, 3.63) is 47.0 Å². The minimum atomic E-state index is 0.595. The van der Waals surface area contributed by atoms with E-state index in [1.807, 2.05) is 18.2 Å². The van der Waals surface area contributed by atoms with Crippen LogP contribution in [-0.2, 0) is 17.8 Å². The van der Waals surface area contributed by atoms with Crippen molar-refractivity contribution in [2.75, 3.05) is 6.61 Å². The standard InChI is InChI=1S/C13H17ClO/c1-3-5-11-6-7-13(14)12(9-11)10-15-8-4-2/h3,6-7,9H,1,4-5,8,10H2,2H3. The van der Waals surface area contributed by atoms with E-state index in [-0.39, 0.29) is 0 Å². The lowest BCUT2D eigenvalue weighted by atomic mass is 10.1. The van der Waals surface area contributed by atoms with Crippen LogP contribution in [0, 0.1) is 0 Å². The average molecular weight is 225 g/mol. The second kappa shape index (κ2) is 6.65. The number of halogens is 1. The fraction of sp³-hybridized carbons (Fsp3) is 0.385. The molecule has 0 aliphatic carbocycles. The zero-order chi connectivity index (χ0) is 11.1. The maximum Gasteiger partial charge on any atom is 0.0731 e. The highest BCUT2D eigenvalue weighted by atomic mass is 35.5. The Morgan fingerprint density at radius 1 is 1.47 bits per heavy atom. The number of hydrogen-bond donors (Lipinski definition) is 0. The molecule has 1 aromatic carbocycles. The third kappa shape index (κ3) is 4.06. The van der Waals surface area contributed by atoms with Crippen LogP contribution in [0.2, 0.25) is 5.02 Å². The lowest BCUT2D eigenvalue weighted by molar-refractivity contribution is 0.121. The zero-order valence-corrected chi connectivity index (χ0v) is 9.89. The Hall–Kier alpha value is -0.790. The molecule has 1 nitrogen and oxygen atoms in total. The molecular formula is C13H17ClO. The Bertz CT molecular complexity index is 320. The predicted molar refractivity (Wildman–Crippen MR) is 65.3 cm³/mol. The smallest absolute Gasteiger partial charge is 0.0731 e. The molecule has 0 unspecified atom stereocenters. The predicted octanol–water partition coefficient (Wildman–Crippen LogP) is 4.00. The molecule has 0 aromatic heterocycles. The average Bonchev–Trinajstić information content (AvgIpc) is 2.23. The first-order valence-corrected chi connectivity index (χ1v) is 5.61. The number of allylic oxidation sites excluding steroid dienone is 1. The van der Waals surface area contributed by atoms with E-state index < -0.39 is 0 Å². The summed E-state index contributed by atoms with van der Waals surface area (Å²) in [6, 6.07) is 6.03. The van der Waals surface area contributed by atoms with Gasteiger partial charge >= 0.3 is 0 Å². The van der Waals surface area contributed by atoms with Gasteiger partial charge in [0.2, 0.25) is 0 Å². The van der Waals surface area contributed by atoms with E-state index in [2.05, 4.69) is 19.6 Å². The van der Waals surface area contributed by atoms with E-state index >= 15 is 0 Å². The summed E-state index contributed by atoms with van der Waals surface area (Å²) < 4.78 is 5.47. The van der Waals surface area contributed by atoms with Crippen LogP contribution in [0.4, 0.5) is 0 Å². The molecule has 1 aromatic rings. The van der Waals surface area contributed by atoms with Gasteiger partial charge in [0.1, 0.15) is 0 Å². The lowest BCUT2D eigenvalue weighted by Crippen LogP contribution is -1.96. The van der Waals surface area contributed by atoms with Gasteiger partial charge in [0.05, 0.1) is 6.61 Å². The van der Waals surface area contributed by atoms with Crippen molar-refractivity contribution >= 4 is 11.6 Å². The zero-order valence-electron chi connectivity index (χ0n) is 9.13. The monoisotopic (exact) mass is 224 g/mol. The molecule has 0 radical (unpaired) electrons. The number of rotatable bonds is 6. The lowest BCUT2D eigenvalue weighted by Gasteiger charge is -2.07. The molecule has 0 saturated heterocycles.